The molecule has 0 unspecified atom stereocenters. The van der Waals surface area contributed by atoms with Crippen molar-refractivity contribution in [1.29, 1.82) is 0 Å². The number of hydrogen-bond donors (Lipinski definition) is 0. The zero-order valence-electron chi connectivity index (χ0n) is 19.2. The van der Waals surface area contributed by atoms with E-state index < -0.39 is 0 Å². The summed E-state index contributed by atoms with van der Waals surface area (Å²) in [6.07, 6.45) is 1.63. The van der Waals surface area contributed by atoms with Gasteiger partial charge in [-0.05, 0) is 55.8 Å². The molecule has 0 saturated carbocycles. The summed E-state index contributed by atoms with van der Waals surface area (Å²) in [5.41, 5.74) is 3.94. The Morgan fingerprint density at radius 1 is 1.00 bits per heavy atom. The highest BCUT2D eigenvalue weighted by atomic mass is 19.1. The van der Waals surface area contributed by atoms with Crippen LogP contribution in [0.2, 0.25) is 0 Å². The van der Waals surface area contributed by atoms with E-state index in [1.54, 1.807) is 16.1 Å². The lowest BCUT2D eigenvalue weighted by molar-refractivity contribution is 0.0409. The predicted octanol–water partition coefficient (Wildman–Crippen LogP) is 4.72. The molecule has 1 fully saturated rings. The first-order valence-electron chi connectivity index (χ1n) is 11.4. The van der Waals surface area contributed by atoms with Crippen LogP contribution in [0.4, 0.5) is 4.39 Å². The number of amides is 2. The first-order chi connectivity index (χ1) is 16.4. The lowest BCUT2D eigenvalue weighted by Gasteiger charge is -2.40. The third-order valence-corrected chi connectivity index (χ3v) is 6.45. The summed E-state index contributed by atoms with van der Waals surface area (Å²) in [5.74, 6) is -0.613. The van der Waals surface area contributed by atoms with Crippen molar-refractivity contribution in [2.45, 2.75) is 26.4 Å². The Balaban J connectivity index is 1.35. The van der Waals surface area contributed by atoms with Crippen LogP contribution in [0.5, 0.6) is 0 Å². The van der Waals surface area contributed by atoms with Gasteiger partial charge in [-0.3, -0.25) is 9.59 Å². The Labute approximate surface area is 197 Å². The average molecular weight is 460 g/mol. The molecule has 2 aromatic carbocycles. The molecule has 4 aromatic rings. The minimum atomic E-state index is -0.376. The Morgan fingerprint density at radius 3 is 2.44 bits per heavy atom. The van der Waals surface area contributed by atoms with Crippen LogP contribution in [-0.2, 0) is 6.54 Å². The molecule has 2 aromatic heterocycles. The second-order valence-corrected chi connectivity index (χ2v) is 8.89. The van der Waals surface area contributed by atoms with E-state index in [-0.39, 0.29) is 23.7 Å². The number of nitrogens with zero attached hydrogens (tertiary/aromatic N) is 3. The maximum atomic E-state index is 13.6. The predicted molar refractivity (Wildman–Crippen MR) is 127 cm³/mol. The smallest absolute Gasteiger partial charge is 0.270 e. The fourth-order valence-electron chi connectivity index (χ4n) is 4.55. The summed E-state index contributed by atoms with van der Waals surface area (Å²) in [6, 6.07) is 17.3. The fraction of sp³-hybridized carbons (Fsp3) is 0.259. The number of piperazine rings is 1. The maximum Gasteiger partial charge on any atom is 0.270 e. The minimum Gasteiger partial charge on any atom is -0.448 e. The molecular formula is C27H26FN3O3. The largest absolute Gasteiger partial charge is 0.448 e. The summed E-state index contributed by atoms with van der Waals surface area (Å²) < 4.78 is 20.9. The number of rotatable bonds is 4. The van der Waals surface area contributed by atoms with Crippen molar-refractivity contribution in [2.24, 2.45) is 0 Å². The van der Waals surface area contributed by atoms with Gasteiger partial charge in [-0.2, -0.15) is 0 Å². The molecule has 5 rings (SSSR count). The second-order valence-electron chi connectivity index (χ2n) is 8.89. The molecule has 0 spiro atoms. The Hall–Kier alpha value is -3.87. The standard InChI is InChI=1S/C27H26FN3O3/c1-18-3-5-20(6-4-18)17-31-24(15-22-11-14-34-27(22)31)26(33)29-12-13-30(19(2)16-29)25(32)21-7-9-23(28)10-8-21/h3-11,14-15,19H,12-13,16-17H2,1-2H3/t19-/m1/s1. The molecule has 1 aliphatic rings. The van der Waals surface area contributed by atoms with Crippen LogP contribution < -0.4 is 0 Å². The van der Waals surface area contributed by atoms with Crippen LogP contribution in [-0.4, -0.2) is 51.9 Å². The Kier molecular flexibility index (Phi) is 5.69. The SMILES string of the molecule is Cc1ccc(Cn2c(C(=O)N3CCN(C(=O)c4ccc(F)cc4)[C@H](C)C3)cc3ccoc32)cc1. The highest BCUT2D eigenvalue weighted by Gasteiger charge is 2.32. The zero-order chi connectivity index (χ0) is 23.8. The van der Waals surface area contributed by atoms with Crippen molar-refractivity contribution >= 4 is 22.9 Å². The fourth-order valence-corrected chi connectivity index (χ4v) is 4.55. The van der Waals surface area contributed by atoms with Gasteiger partial charge >= 0.3 is 0 Å². The number of furan rings is 1. The maximum absolute atomic E-state index is 13.6. The van der Waals surface area contributed by atoms with Gasteiger partial charge in [-0.15, -0.1) is 0 Å². The van der Waals surface area contributed by atoms with Gasteiger partial charge in [-0.1, -0.05) is 29.8 Å². The van der Waals surface area contributed by atoms with Crippen molar-refractivity contribution in [3.63, 3.8) is 0 Å². The van der Waals surface area contributed by atoms with E-state index in [0.717, 1.165) is 10.9 Å². The molecule has 1 aliphatic heterocycles. The van der Waals surface area contributed by atoms with E-state index in [9.17, 15) is 14.0 Å². The molecule has 34 heavy (non-hydrogen) atoms. The summed E-state index contributed by atoms with van der Waals surface area (Å²) in [5, 5.41) is 0.883. The van der Waals surface area contributed by atoms with E-state index in [0.29, 0.717) is 43.1 Å². The molecule has 0 N–H and O–H groups in total. The number of carbonyl (C=O) groups is 2. The van der Waals surface area contributed by atoms with Gasteiger partial charge in [0.25, 0.3) is 11.8 Å². The van der Waals surface area contributed by atoms with Crippen LogP contribution in [0, 0.1) is 12.7 Å². The van der Waals surface area contributed by atoms with E-state index in [1.165, 1.54) is 29.8 Å². The molecule has 2 amide bonds. The minimum absolute atomic E-state index is 0.0840. The quantitative estimate of drug-likeness (QED) is 0.444. The van der Waals surface area contributed by atoms with Crippen LogP contribution in [0.15, 0.2) is 71.3 Å². The number of fused-ring (bicyclic) bond motifs is 1. The van der Waals surface area contributed by atoms with Crippen molar-refractivity contribution < 1.29 is 18.4 Å². The van der Waals surface area contributed by atoms with Crippen LogP contribution >= 0.6 is 0 Å². The van der Waals surface area contributed by atoms with Crippen molar-refractivity contribution in [2.75, 3.05) is 19.6 Å². The van der Waals surface area contributed by atoms with E-state index in [1.807, 2.05) is 30.5 Å². The van der Waals surface area contributed by atoms with Gasteiger partial charge in [0.15, 0.2) is 0 Å². The number of carbonyl (C=O) groups excluding carboxylic acids is 2. The molecule has 0 aliphatic carbocycles. The highest BCUT2D eigenvalue weighted by molar-refractivity contribution is 5.98. The van der Waals surface area contributed by atoms with Crippen molar-refractivity contribution in [1.82, 2.24) is 14.4 Å². The molecule has 1 saturated heterocycles. The summed E-state index contributed by atoms with van der Waals surface area (Å²) in [7, 11) is 0. The molecular weight excluding hydrogens is 433 g/mol. The van der Waals surface area contributed by atoms with Gasteiger partial charge in [0.05, 0.1) is 12.8 Å². The third-order valence-electron chi connectivity index (χ3n) is 6.45. The van der Waals surface area contributed by atoms with Crippen LogP contribution in [0.1, 0.15) is 38.9 Å². The van der Waals surface area contributed by atoms with Gasteiger partial charge in [-0.25, -0.2) is 4.39 Å². The third kappa shape index (κ3) is 4.09. The zero-order valence-corrected chi connectivity index (χ0v) is 19.2. The van der Waals surface area contributed by atoms with Crippen LogP contribution in [0.25, 0.3) is 11.1 Å². The monoisotopic (exact) mass is 459 g/mol. The molecule has 0 bridgehead atoms. The molecule has 3 heterocycles. The molecule has 0 radical (unpaired) electrons. The number of aromatic nitrogens is 1. The van der Waals surface area contributed by atoms with Crippen molar-refractivity contribution in [3.05, 3.63) is 95.1 Å². The summed E-state index contributed by atoms with van der Waals surface area (Å²) in [4.78, 5) is 30.0. The summed E-state index contributed by atoms with van der Waals surface area (Å²) in [6.45, 7) is 5.75. The van der Waals surface area contributed by atoms with Gasteiger partial charge in [0.2, 0.25) is 5.71 Å². The molecule has 174 valence electrons. The molecule has 7 heteroatoms. The summed E-state index contributed by atoms with van der Waals surface area (Å²) >= 11 is 0. The van der Waals surface area contributed by atoms with E-state index in [2.05, 4.69) is 24.3 Å². The van der Waals surface area contributed by atoms with Crippen LogP contribution in [0.3, 0.4) is 0 Å². The van der Waals surface area contributed by atoms with Crippen molar-refractivity contribution in [3.8, 4) is 0 Å². The second kappa shape index (κ2) is 8.82. The lowest BCUT2D eigenvalue weighted by atomic mass is 10.1. The first kappa shape index (κ1) is 21.9. The molecule has 6 nitrogen and oxygen atoms in total. The van der Waals surface area contributed by atoms with E-state index >= 15 is 0 Å². The van der Waals surface area contributed by atoms with Gasteiger partial charge in [0.1, 0.15) is 11.5 Å². The topological polar surface area (TPSA) is 58.7 Å². The number of benzene rings is 2. The first-order valence-corrected chi connectivity index (χ1v) is 11.4. The molecule has 1 atom stereocenters. The van der Waals surface area contributed by atoms with E-state index in [4.69, 9.17) is 4.42 Å². The average Bonchev–Trinajstić information content (AvgIpc) is 3.42. The number of hydrogen-bond acceptors (Lipinski definition) is 3. The normalized spacial score (nSPS) is 16.3. The van der Waals surface area contributed by atoms with Gasteiger partial charge in [0, 0.05) is 36.6 Å². The number of aryl methyl sites for hydroxylation is 1. The Bertz CT molecular complexity index is 1340. The van der Waals surface area contributed by atoms with Gasteiger partial charge < -0.3 is 18.8 Å². The highest BCUT2D eigenvalue weighted by Crippen LogP contribution is 2.25. The number of halogens is 1. The lowest BCUT2D eigenvalue weighted by Crippen LogP contribution is -2.55. The Morgan fingerprint density at radius 2 is 1.74 bits per heavy atom.